The summed E-state index contributed by atoms with van der Waals surface area (Å²) < 4.78 is 0. The number of allylic oxidation sites excluding steroid dienone is 2. The van der Waals surface area contributed by atoms with Gasteiger partial charge in [0.15, 0.2) is 0 Å². The molecule has 0 spiro atoms. The summed E-state index contributed by atoms with van der Waals surface area (Å²) in [5.74, 6) is 0.0453. The Hall–Kier alpha value is -2.72. The zero-order valence-corrected chi connectivity index (χ0v) is 20.8. The highest BCUT2D eigenvalue weighted by molar-refractivity contribution is 5.95. The fourth-order valence-corrected chi connectivity index (χ4v) is 6.42. The number of nitrogens with one attached hydrogen (secondary N) is 2. The van der Waals surface area contributed by atoms with Gasteiger partial charge in [-0.3, -0.25) is 4.79 Å². The molecule has 4 heteroatoms. The predicted molar refractivity (Wildman–Crippen MR) is 140 cm³/mol. The van der Waals surface area contributed by atoms with E-state index in [0.717, 1.165) is 56.3 Å². The van der Waals surface area contributed by atoms with Gasteiger partial charge in [-0.1, -0.05) is 36.8 Å². The third-order valence-corrected chi connectivity index (χ3v) is 8.51. The van der Waals surface area contributed by atoms with Crippen LogP contribution in [0.25, 0.3) is 5.57 Å². The molecule has 1 saturated heterocycles. The highest BCUT2D eigenvalue weighted by atomic mass is 16.1. The summed E-state index contributed by atoms with van der Waals surface area (Å²) >= 11 is 0. The summed E-state index contributed by atoms with van der Waals surface area (Å²) in [7, 11) is 2.14. The van der Waals surface area contributed by atoms with Crippen LogP contribution in [0.5, 0.6) is 0 Å². The molecule has 3 aliphatic rings. The molecule has 0 bridgehead atoms. The molecule has 0 saturated carbocycles. The second-order valence-corrected chi connectivity index (χ2v) is 10.8. The number of hydrogen-bond donors (Lipinski definition) is 2. The van der Waals surface area contributed by atoms with Gasteiger partial charge in [-0.15, -0.1) is 0 Å². The van der Waals surface area contributed by atoms with E-state index < -0.39 is 0 Å². The zero-order chi connectivity index (χ0) is 23.9. The summed E-state index contributed by atoms with van der Waals surface area (Å²) in [6.45, 7) is 6.59. The Labute approximate surface area is 204 Å². The lowest BCUT2D eigenvalue weighted by molar-refractivity contribution is 0.0917. The van der Waals surface area contributed by atoms with E-state index in [-0.39, 0.29) is 17.4 Å². The fourth-order valence-electron chi connectivity index (χ4n) is 6.42. The van der Waals surface area contributed by atoms with Crippen LogP contribution in [0.15, 0.2) is 42.0 Å². The van der Waals surface area contributed by atoms with Crippen LogP contribution in [0.1, 0.15) is 83.6 Å². The third-order valence-electron chi connectivity index (χ3n) is 8.51. The Morgan fingerprint density at radius 2 is 1.79 bits per heavy atom. The van der Waals surface area contributed by atoms with E-state index in [1.165, 1.54) is 40.7 Å². The van der Waals surface area contributed by atoms with Crippen LogP contribution >= 0.6 is 0 Å². The second kappa shape index (κ2) is 9.14. The lowest BCUT2D eigenvalue weighted by Gasteiger charge is -2.43. The van der Waals surface area contributed by atoms with Gasteiger partial charge >= 0.3 is 0 Å². The maximum Gasteiger partial charge on any atom is 0.251 e. The van der Waals surface area contributed by atoms with Crippen LogP contribution in [0, 0.1) is 12.3 Å². The molecular weight excluding hydrogens is 418 g/mol. The Morgan fingerprint density at radius 3 is 2.50 bits per heavy atom. The Morgan fingerprint density at radius 1 is 1.09 bits per heavy atom. The molecule has 34 heavy (non-hydrogen) atoms. The minimum atomic E-state index is -0.0692. The van der Waals surface area contributed by atoms with Crippen molar-refractivity contribution in [2.75, 3.05) is 20.1 Å². The van der Waals surface area contributed by atoms with Crippen molar-refractivity contribution in [3.8, 4) is 0 Å². The summed E-state index contributed by atoms with van der Waals surface area (Å²) in [6, 6.07) is 13.1. The number of benzene rings is 2. The van der Waals surface area contributed by atoms with E-state index >= 15 is 0 Å². The lowest BCUT2D eigenvalue weighted by Crippen LogP contribution is -2.43. The standard InChI is InChI=1S/C30H37N3O/c1-20-8-9-22-18-30(2,27-7-5-4-6-25(27)28(22)26(20)19-31)23-12-10-21(11-13-23)29(34)32-24-14-16-33(3)17-15-24/h8-13,19,24,31H,4-7,14-18H2,1-3H3,(H,32,34). The SMILES string of the molecule is Cc1ccc2c(c1C=N)C1=C(CCCC1)C(C)(c1ccc(C(=O)NC3CCN(C)CC3)cc1)C2. The lowest BCUT2D eigenvalue weighted by atomic mass is 9.61. The molecule has 1 heterocycles. The van der Waals surface area contributed by atoms with Gasteiger partial charge < -0.3 is 15.6 Å². The maximum atomic E-state index is 12.9. The molecule has 5 rings (SSSR count). The molecule has 178 valence electrons. The highest BCUT2D eigenvalue weighted by Gasteiger charge is 2.39. The summed E-state index contributed by atoms with van der Waals surface area (Å²) in [4.78, 5) is 15.2. The number of piperidine rings is 1. The number of fused-ring (bicyclic) bond motifs is 2. The van der Waals surface area contributed by atoms with Crippen molar-refractivity contribution in [3.63, 3.8) is 0 Å². The number of carbonyl (C=O) groups excluding carboxylic acids is 1. The monoisotopic (exact) mass is 455 g/mol. The number of nitrogens with zero attached hydrogens (tertiary/aromatic N) is 1. The molecule has 1 fully saturated rings. The van der Waals surface area contributed by atoms with E-state index in [0.29, 0.717) is 0 Å². The first-order chi connectivity index (χ1) is 16.4. The van der Waals surface area contributed by atoms with Gasteiger partial charge in [0.2, 0.25) is 0 Å². The number of hydrogen-bond acceptors (Lipinski definition) is 3. The zero-order valence-electron chi connectivity index (χ0n) is 20.8. The largest absolute Gasteiger partial charge is 0.349 e. The minimum absolute atomic E-state index is 0.0453. The molecule has 2 aliphatic carbocycles. The Balaban J connectivity index is 1.45. The first kappa shape index (κ1) is 23.0. The van der Waals surface area contributed by atoms with Crippen molar-refractivity contribution < 1.29 is 4.79 Å². The molecule has 1 aliphatic heterocycles. The smallest absolute Gasteiger partial charge is 0.251 e. The molecule has 1 amide bonds. The van der Waals surface area contributed by atoms with Crippen LogP contribution < -0.4 is 5.32 Å². The van der Waals surface area contributed by atoms with Crippen LogP contribution in [0.3, 0.4) is 0 Å². The van der Waals surface area contributed by atoms with Gasteiger partial charge in [-0.05, 0) is 112 Å². The number of aryl methyl sites for hydroxylation is 1. The molecule has 2 aromatic rings. The molecule has 1 atom stereocenters. The van der Waals surface area contributed by atoms with Crippen LogP contribution in [-0.4, -0.2) is 43.2 Å². The Bertz CT molecular complexity index is 1140. The highest BCUT2D eigenvalue weighted by Crippen LogP contribution is 2.51. The molecule has 2 N–H and O–H groups in total. The van der Waals surface area contributed by atoms with Crippen molar-refractivity contribution in [1.82, 2.24) is 10.2 Å². The average molecular weight is 456 g/mol. The van der Waals surface area contributed by atoms with Crippen LogP contribution in [0.4, 0.5) is 0 Å². The van der Waals surface area contributed by atoms with Crippen LogP contribution in [-0.2, 0) is 11.8 Å². The first-order valence-electron chi connectivity index (χ1n) is 12.9. The summed E-state index contributed by atoms with van der Waals surface area (Å²) in [5, 5.41) is 11.3. The van der Waals surface area contributed by atoms with Crippen molar-refractivity contribution in [1.29, 1.82) is 5.41 Å². The summed E-state index contributed by atoms with van der Waals surface area (Å²) in [5.41, 5.74) is 9.96. The van der Waals surface area contributed by atoms with Gasteiger partial charge in [0.1, 0.15) is 0 Å². The van der Waals surface area contributed by atoms with Gasteiger partial charge in [-0.25, -0.2) is 0 Å². The van der Waals surface area contributed by atoms with Gasteiger partial charge in [0.25, 0.3) is 5.91 Å². The van der Waals surface area contributed by atoms with E-state index in [4.69, 9.17) is 5.41 Å². The van der Waals surface area contributed by atoms with Crippen molar-refractivity contribution >= 4 is 17.7 Å². The topological polar surface area (TPSA) is 56.2 Å². The Kier molecular flexibility index (Phi) is 6.20. The molecule has 2 aromatic carbocycles. The molecular formula is C30H37N3O. The number of likely N-dealkylation sites (tertiary alicyclic amines) is 1. The van der Waals surface area contributed by atoms with Crippen molar-refractivity contribution in [3.05, 3.63) is 75.4 Å². The van der Waals surface area contributed by atoms with Gasteiger partial charge in [-0.2, -0.15) is 0 Å². The van der Waals surface area contributed by atoms with Crippen molar-refractivity contribution in [2.24, 2.45) is 0 Å². The van der Waals surface area contributed by atoms with Crippen molar-refractivity contribution in [2.45, 2.75) is 70.3 Å². The number of amides is 1. The third kappa shape index (κ3) is 4.02. The maximum absolute atomic E-state index is 12.9. The normalized spacial score (nSPS) is 23.3. The minimum Gasteiger partial charge on any atom is -0.349 e. The second-order valence-electron chi connectivity index (χ2n) is 10.8. The quantitative estimate of drug-likeness (QED) is 0.585. The number of rotatable bonds is 4. The molecule has 0 radical (unpaired) electrons. The molecule has 0 aromatic heterocycles. The van der Waals surface area contributed by atoms with E-state index in [1.807, 2.05) is 12.1 Å². The van der Waals surface area contributed by atoms with Gasteiger partial charge in [0.05, 0.1) is 0 Å². The van der Waals surface area contributed by atoms with E-state index in [2.05, 4.69) is 55.4 Å². The van der Waals surface area contributed by atoms with E-state index in [1.54, 1.807) is 11.8 Å². The molecule has 4 nitrogen and oxygen atoms in total. The first-order valence-corrected chi connectivity index (χ1v) is 12.9. The summed E-state index contributed by atoms with van der Waals surface area (Å²) in [6.07, 6.45) is 9.20. The fraction of sp³-hybridized carbons (Fsp3) is 0.467. The average Bonchev–Trinajstić information content (AvgIpc) is 2.86. The number of carbonyl (C=O) groups is 1. The van der Waals surface area contributed by atoms with E-state index in [9.17, 15) is 4.79 Å². The predicted octanol–water partition coefficient (Wildman–Crippen LogP) is 5.66. The van der Waals surface area contributed by atoms with Crippen LogP contribution in [0.2, 0.25) is 0 Å². The molecule has 1 unspecified atom stereocenters. The van der Waals surface area contributed by atoms with Gasteiger partial charge in [0, 0.05) is 28.8 Å².